The Morgan fingerprint density at radius 2 is 1.72 bits per heavy atom. The van der Waals surface area contributed by atoms with Crippen LogP contribution in [-0.4, -0.2) is 22.5 Å². The van der Waals surface area contributed by atoms with Crippen LogP contribution in [-0.2, 0) is 10.8 Å². The molecule has 0 saturated carbocycles. The molecular weight excluding hydrogens is 499 g/mol. The molecule has 0 heterocycles. The summed E-state index contributed by atoms with van der Waals surface area (Å²) in [5.41, 5.74) is 1.33. The molecule has 0 amide bonds. The van der Waals surface area contributed by atoms with Gasteiger partial charge in [0, 0.05) is 24.5 Å². The first-order valence-electron chi connectivity index (χ1n) is 10.9. The molecule has 1 rings (SSSR count). The van der Waals surface area contributed by atoms with Crippen LogP contribution in [0.1, 0.15) is 45.6 Å². The van der Waals surface area contributed by atoms with Gasteiger partial charge in [-0.25, -0.2) is 0 Å². The third-order valence-electron chi connectivity index (χ3n) is 5.44. The van der Waals surface area contributed by atoms with Gasteiger partial charge >= 0.3 is 0 Å². The van der Waals surface area contributed by atoms with Crippen molar-refractivity contribution in [3.8, 4) is 11.8 Å². The summed E-state index contributed by atoms with van der Waals surface area (Å²) in [5.74, 6) is 6.91. The Kier molecular flexibility index (Phi) is 10.9. The lowest BCUT2D eigenvalue weighted by Gasteiger charge is -2.38. The molecule has 0 bridgehead atoms. The number of allylic oxidation sites excluding steroid dienone is 2. The van der Waals surface area contributed by atoms with Gasteiger partial charge in [-0.2, -0.15) is 0 Å². The third-order valence-corrected chi connectivity index (χ3v) is 12.4. The van der Waals surface area contributed by atoms with Gasteiger partial charge in [0.15, 0.2) is 8.32 Å². The molecule has 0 radical (unpaired) electrons. The number of halogens is 1. The van der Waals surface area contributed by atoms with E-state index in [2.05, 4.69) is 124 Å². The van der Waals surface area contributed by atoms with Crippen molar-refractivity contribution < 1.29 is 4.43 Å². The summed E-state index contributed by atoms with van der Waals surface area (Å²) in [6.45, 7) is 18.8. The molecule has 1 atom stereocenters. The number of benzene rings is 1. The maximum Gasteiger partial charge on any atom is 0.193 e. The Balaban J connectivity index is 2.73. The summed E-state index contributed by atoms with van der Waals surface area (Å²) in [6.07, 6.45) is 8.77. The number of unbranched alkanes of at least 4 members (excludes halogenated alkanes) is 2. The van der Waals surface area contributed by atoms with E-state index in [-0.39, 0.29) is 11.1 Å². The molecule has 0 aliphatic rings. The van der Waals surface area contributed by atoms with E-state index < -0.39 is 16.4 Å². The Labute approximate surface area is 196 Å². The van der Waals surface area contributed by atoms with Crippen LogP contribution in [0, 0.1) is 15.4 Å². The zero-order valence-corrected chi connectivity index (χ0v) is 24.0. The minimum atomic E-state index is -1.86. The van der Waals surface area contributed by atoms with Gasteiger partial charge in [-0.1, -0.05) is 76.7 Å². The molecule has 0 saturated heterocycles. The summed E-state index contributed by atoms with van der Waals surface area (Å²) in [7, 11) is -2.81. The third kappa shape index (κ3) is 11.0. The lowest BCUT2D eigenvalue weighted by Crippen LogP contribution is -2.44. The smallest absolute Gasteiger partial charge is 0.193 e. The molecule has 0 aromatic heterocycles. The number of hydrogen-bond acceptors (Lipinski definition) is 1. The molecule has 0 aliphatic carbocycles. The Morgan fingerprint density at radius 3 is 2.31 bits per heavy atom. The van der Waals surface area contributed by atoms with Crippen molar-refractivity contribution in [2.45, 2.75) is 96.4 Å². The van der Waals surface area contributed by atoms with Crippen LogP contribution in [0.5, 0.6) is 0 Å². The summed E-state index contributed by atoms with van der Waals surface area (Å²) < 4.78 is 7.99. The molecule has 29 heavy (non-hydrogen) atoms. The van der Waals surface area contributed by atoms with Gasteiger partial charge in [-0.3, -0.25) is 0 Å². The fourth-order valence-electron chi connectivity index (χ4n) is 2.57. The molecule has 0 aliphatic heterocycles. The molecule has 0 N–H and O–H groups in total. The first kappa shape index (κ1) is 26.7. The predicted octanol–water partition coefficient (Wildman–Crippen LogP) is 8.29. The monoisotopic (exact) mass is 540 g/mol. The SMILES string of the molecule is CC(C)(C)[Si](C)(C)OC(C#CCCC/C=C\C[Si](C)(C)C)Cc1ccccc1I. The van der Waals surface area contributed by atoms with Crippen molar-refractivity contribution in [1.29, 1.82) is 0 Å². The van der Waals surface area contributed by atoms with E-state index in [0.717, 1.165) is 25.7 Å². The lowest BCUT2D eigenvalue weighted by molar-refractivity contribution is 0.233. The van der Waals surface area contributed by atoms with Crippen molar-refractivity contribution in [3.05, 3.63) is 45.6 Å². The summed E-state index contributed by atoms with van der Waals surface area (Å²) in [5, 5.41) is 0.192. The van der Waals surface area contributed by atoms with Crippen molar-refractivity contribution >= 4 is 39.0 Å². The zero-order valence-electron chi connectivity index (χ0n) is 19.9. The maximum absolute atomic E-state index is 6.70. The van der Waals surface area contributed by atoms with Crippen LogP contribution in [0.3, 0.4) is 0 Å². The molecular formula is C25H41IOSi2. The van der Waals surface area contributed by atoms with E-state index in [1.54, 1.807) is 0 Å². The van der Waals surface area contributed by atoms with E-state index in [1.165, 1.54) is 15.2 Å². The summed E-state index contributed by atoms with van der Waals surface area (Å²) in [4.78, 5) is 0. The molecule has 162 valence electrons. The van der Waals surface area contributed by atoms with Gasteiger partial charge in [-0.05, 0) is 71.2 Å². The number of hydrogen-bond donors (Lipinski definition) is 0. The van der Waals surface area contributed by atoms with Crippen LogP contribution >= 0.6 is 22.6 Å². The molecule has 1 aromatic carbocycles. The second kappa shape index (κ2) is 11.9. The van der Waals surface area contributed by atoms with Crippen LogP contribution < -0.4 is 0 Å². The summed E-state index contributed by atoms with van der Waals surface area (Å²) in [6, 6.07) is 9.85. The average Bonchev–Trinajstić information content (AvgIpc) is 2.56. The van der Waals surface area contributed by atoms with Crippen molar-refractivity contribution in [2.75, 3.05) is 0 Å². The van der Waals surface area contributed by atoms with Gasteiger partial charge in [0.05, 0.1) is 0 Å². The minimum absolute atomic E-state index is 0.0192. The minimum Gasteiger partial charge on any atom is -0.403 e. The maximum atomic E-state index is 6.70. The zero-order chi connectivity index (χ0) is 22.1. The number of rotatable bonds is 9. The Hall–Kier alpha value is -0.356. The molecule has 4 heteroatoms. The average molecular weight is 541 g/mol. The standard InChI is InChI=1S/C25H41IOSi2/c1-25(2,3)29(7,8)27-23(21-22-17-14-15-19-24(22)26)18-13-11-9-10-12-16-20-28(4,5)6/h12,14-17,19,23H,9-11,20-21H2,1-8H3/b16-12-. The van der Waals surface area contributed by atoms with Gasteiger partial charge in [0.25, 0.3) is 0 Å². The predicted molar refractivity (Wildman–Crippen MR) is 144 cm³/mol. The van der Waals surface area contributed by atoms with Gasteiger partial charge < -0.3 is 4.43 Å². The van der Waals surface area contributed by atoms with Crippen LogP contribution in [0.15, 0.2) is 36.4 Å². The van der Waals surface area contributed by atoms with E-state index in [9.17, 15) is 0 Å². The fourth-order valence-corrected chi connectivity index (χ4v) is 5.26. The van der Waals surface area contributed by atoms with Crippen molar-refractivity contribution in [1.82, 2.24) is 0 Å². The molecule has 1 nitrogen and oxygen atoms in total. The van der Waals surface area contributed by atoms with E-state index in [0.29, 0.717) is 0 Å². The fraction of sp³-hybridized carbons (Fsp3) is 0.600. The van der Waals surface area contributed by atoms with Crippen LogP contribution in [0.4, 0.5) is 0 Å². The second-order valence-corrected chi connectivity index (χ2v) is 22.1. The summed E-state index contributed by atoms with van der Waals surface area (Å²) >= 11 is 2.42. The van der Waals surface area contributed by atoms with E-state index >= 15 is 0 Å². The van der Waals surface area contributed by atoms with Gasteiger partial charge in [0.2, 0.25) is 0 Å². The highest BCUT2D eigenvalue weighted by Gasteiger charge is 2.39. The largest absolute Gasteiger partial charge is 0.403 e. The van der Waals surface area contributed by atoms with Crippen LogP contribution in [0.25, 0.3) is 0 Å². The Bertz CT molecular complexity index is 715. The highest BCUT2D eigenvalue weighted by molar-refractivity contribution is 14.1. The first-order valence-corrected chi connectivity index (χ1v) is 18.6. The van der Waals surface area contributed by atoms with E-state index in [1.807, 2.05) is 0 Å². The molecule has 0 fully saturated rings. The first-order chi connectivity index (χ1) is 13.3. The molecule has 1 unspecified atom stereocenters. The highest BCUT2D eigenvalue weighted by Crippen LogP contribution is 2.37. The van der Waals surface area contributed by atoms with E-state index in [4.69, 9.17) is 4.43 Å². The van der Waals surface area contributed by atoms with Crippen molar-refractivity contribution in [2.24, 2.45) is 0 Å². The molecule has 1 aromatic rings. The topological polar surface area (TPSA) is 9.23 Å². The lowest BCUT2D eigenvalue weighted by atomic mass is 10.1. The molecule has 0 spiro atoms. The van der Waals surface area contributed by atoms with Gasteiger partial charge in [-0.15, -0.1) is 5.92 Å². The Morgan fingerprint density at radius 1 is 1.07 bits per heavy atom. The highest BCUT2D eigenvalue weighted by atomic mass is 127. The quantitative estimate of drug-likeness (QED) is 0.101. The van der Waals surface area contributed by atoms with Gasteiger partial charge in [0.1, 0.15) is 6.10 Å². The van der Waals surface area contributed by atoms with Crippen LogP contribution in [0.2, 0.25) is 43.8 Å². The second-order valence-electron chi connectivity index (χ2n) is 10.6. The normalized spacial score (nSPS) is 14.0. The van der Waals surface area contributed by atoms with Crippen molar-refractivity contribution in [3.63, 3.8) is 0 Å².